The lowest BCUT2D eigenvalue weighted by Gasteiger charge is -2.19. The average Bonchev–Trinajstić information content (AvgIpc) is 3.74. The molecule has 11 heteroatoms. The number of ether oxygens (including phenoxy) is 1. The van der Waals surface area contributed by atoms with Crippen LogP contribution in [0.15, 0.2) is 67.0 Å². The van der Waals surface area contributed by atoms with Gasteiger partial charge in [-0.05, 0) is 31.2 Å². The van der Waals surface area contributed by atoms with Crippen LogP contribution in [0.2, 0.25) is 0 Å². The first kappa shape index (κ1) is 26.2. The van der Waals surface area contributed by atoms with E-state index in [2.05, 4.69) is 26.7 Å². The number of carbonyl (C=O) groups excluding carboxylic acids is 1. The molecule has 206 valence electrons. The van der Waals surface area contributed by atoms with Crippen LogP contribution in [0.3, 0.4) is 0 Å². The lowest BCUT2D eigenvalue weighted by atomic mass is 10.1. The van der Waals surface area contributed by atoms with E-state index in [1.54, 1.807) is 34.0 Å². The molecule has 1 aliphatic heterocycles. The van der Waals surface area contributed by atoms with Crippen LogP contribution in [0.5, 0.6) is 0 Å². The second-order valence-corrected chi connectivity index (χ2v) is 11.1. The molecule has 4 heterocycles. The molecule has 2 aromatic carbocycles. The Hall–Kier alpha value is -4.06. The van der Waals surface area contributed by atoms with E-state index in [-0.39, 0.29) is 18.0 Å². The third-order valence-corrected chi connectivity index (χ3v) is 8.45. The van der Waals surface area contributed by atoms with Gasteiger partial charge in [-0.3, -0.25) is 14.9 Å². The molecule has 3 aromatic heterocycles. The highest BCUT2D eigenvalue weighted by Crippen LogP contribution is 2.34. The summed E-state index contributed by atoms with van der Waals surface area (Å²) in [6.45, 7) is 4.93. The average molecular weight is 557 g/mol. The van der Waals surface area contributed by atoms with E-state index in [9.17, 15) is 4.79 Å². The standard InChI is InChI=1S/C29H32N8O2S/c1-19-26(20-15-30-35(2)16-20)34-37(21-9-5-4-6-10-21)27(19)33-29(38)32-24-18-36(13-14-39-3)17-22(24)28-31-23-11-7-8-12-25(23)40-28/h4-12,15-16,22,24H,13-14,17-18H2,1-3H3,(H2,32,33,38)/t22-,24-/m1/s1. The van der Waals surface area contributed by atoms with Gasteiger partial charge in [-0.2, -0.15) is 10.2 Å². The molecule has 6 rings (SSSR count). The number of nitrogens with one attached hydrogen (secondary N) is 2. The van der Waals surface area contributed by atoms with Crippen molar-refractivity contribution in [3.05, 3.63) is 77.6 Å². The molecule has 5 aromatic rings. The van der Waals surface area contributed by atoms with Crippen molar-refractivity contribution in [3.63, 3.8) is 0 Å². The van der Waals surface area contributed by atoms with E-state index >= 15 is 0 Å². The van der Waals surface area contributed by atoms with Gasteiger partial charge < -0.3 is 10.1 Å². The fourth-order valence-corrected chi connectivity index (χ4v) is 6.39. The topological polar surface area (TPSA) is 102 Å². The summed E-state index contributed by atoms with van der Waals surface area (Å²) in [5, 5.41) is 16.6. The van der Waals surface area contributed by atoms with Gasteiger partial charge in [-0.25, -0.2) is 14.5 Å². The molecule has 10 nitrogen and oxygen atoms in total. The maximum Gasteiger partial charge on any atom is 0.320 e. The molecule has 2 amide bonds. The lowest BCUT2D eigenvalue weighted by Crippen LogP contribution is -2.42. The predicted octanol–water partition coefficient (Wildman–Crippen LogP) is 4.43. The number of hydrogen-bond acceptors (Lipinski definition) is 7. The zero-order valence-corrected chi connectivity index (χ0v) is 23.6. The normalized spacial score (nSPS) is 17.5. The highest BCUT2D eigenvalue weighted by Gasteiger charge is 2.37. The molecule has 2 atom stereocenters. The van der Waals surface area contributed by atoms with Crippen molar-refractivity contribution in [1.29, 1.82) is 0 Å². The number of hydrogen-bond donors (Lipinski definition) is 2. The maximum atomic E-state index is 13.6. The van der Waals surface area contributed by atoms with Crippen LogP contribution >= 0.6 is 11.3 Å². The summed E-state index contributed by atoms with van der Waals surface area (Å²) in [6, 6.07) is 17.6. The minimum atomic E-state index is -0.275. The Morgan fingerprint density at radius 2 is 1.93 bits per heavy atom. The quantitative estimate of drug-likeness (QED) is 0.293. The molecule has 1 saturated heterocycles. The maximum absolute atomic E-state index is 13.6. The molecule has 0 aliphatic carbocycles. The van der Waals surface area contributed by atoms with Gasteiger partial charge in [-0.15, -0.1) is 11.3 Å². The molecule has 0 unspecified atom stereocenters. The number of likely N-dealkylation sites (tertiary alicyclic amines) is 1. The second kappa shape index (κ2) is 11.2. The van der Waals surface area contributed by atoms with Crippen LogP contribution in [-0.4, -0.2) is 74.9 Å². The first-order valence-electron chi connectivity index (χ1n) is 13.3. The van der Waals surface area contributed by atoms with Crippen LogP contribution in [0, 0.1) is 6.92 Å². The first-order valence-corrected chi connectivity index (χ1v) is 14.1. The summed E-state index contributed by atoms with van der Waals surface area (Å²) in [7, 11) is 3.58. The summed E-state index contributed by atoms with van der Waals surface area (Å²) in [4.78, 5) is 20.8. The third-order valence-electron chi connectivity index (χ3n) is 7.28. The molecule has 0 radical (unpaired) electrons. The number of nitrogens with zero attached hydrogens (tertiary/aromatic N) is 6. The number of amides is 2. The van der Waals surface area contributed by atoms with Crippen molar-refractivity contribution < 1.29 is 9.53 Å². The second-order valence-electron chi connectivity index (χ2n) is 10.1. The number of aromatic nitrogens is 5. The van der Waals surface area contributed by atoms with Crippen LogP contribution in [-0.2, 0) is 11.8 Å². The number of benzene rings is 2. The van der Waals surface area contributed by atoms with Gasteiger partial charge in [-0.1, -0.05) is 30.3 Å². The largest absolute Gasteiger partial charge is 0.383 e. The predicted molar refractivity (Wildman–Crippen MR) is 157 cm³/mol. The molecule has 0 bridgehead atoms. The Morgan fingerprint density at radius 1 is 1.12 bits per heavy atom. The number of aryl methyl sites for hydroxylation is 1. The van der Waals surface area contributed by atoms with Crippen LogP contribution < -0.4 is 10.6 Å². The first-order chi connectivity index (χ1) is 19.5. The van der Waals surface area contributed by atoms with Crippen LogP contribution in [0.1, 0.15) is 16.5 Å². The molecule has 2 N–H and O–H groups in total. The van der Waals surface area contributed by atoms with Gasteiger partial charge in [0.1, 0.15) is 16.5 Å². The van der Waals surface area contributed by atoms with Gasteiger partial charge >= 0.3 is 6.03 Å². The SMILES string of the molecule is COCCN1C[C@@H](NC(=O)Nc2c(C)c(-c3cnn(C)c3)nn2-c2ccccc2)[C@H](c2nc3ccccc3s2)C1. The summed E-state index contributed by atoms with van der Waals surface area (Å²) in [6.07, 6.45) is 3.70. The summed E-state index contributed by atoms with van der Waals surface area (Å²) >= 11 is 1.70. The third kappa shape index (κ3) is 5.23. The van der Waals surface area contributed by atoms with Crippen LogP contribution in [0.4, 0.5) is 10.6 Å². The fraction of sp³-hybridized carbons (Fsp3) is 0.310. The Balaban J connectivity index is 1.28. The Labute approximate surface area is 236 Å². The summed E-state index contributed by atoms with van der Waals surface area (Å²) < 4.78 is 10.0. The highest BCUT2D eigenvalue weighted by molar-refractivity contribution is 7.18. The monoisotopic (exact) mass is 556 g/mol. The number of para-hydroxylation sites is 2. The molecule has 1 aliphatic rings. The minimum absolute atomic E-state index is 0.0751. The molecule has 40 heavy (non-hydrogen) atoms. The summed E-state index contributed by atoms with van der Waals surface area (Å²) in [5.74, 6) is 0.694. The van der Waals surface area contributed by atoms with Gasteiger partial charge in [0.15, 0.2) is 0 Å². The zero-order valence-electron chi connectivity index (χ0n) is 22.7. The van der Waals surface area contributed by atoms with E-state index in [1.807, 2.05) is 68.7 Å². The van der Waals surface area contributed by atoms with Crippen molar-refractivity contribution in [1.82, 2.24) is 34.8 Å². The number of urea groups is 1. The van der Waals surface area contributed by atoms with Gasteiger partial charge in [0.05, 0.1) is 34.7 Å². The number of anilines is 1. The summed E-state index contributed by atoms with van der Waals surface area (Å²) in [5.41, 5.74) is 4.37. The van der Waals surface area contributed by atoms with Crippen LogP contribution in [0.25, 0.3) is 27.2 Å². The molecule has 0 saturated carbocycles. The van der Waals surface area contributed by atoms with Gasteiger partial charge in [0.2, 0.25) is 0 Å². The molecule has 1 fully saturated rings. The fourth-order valence-electron chi connectivity index (χ4n) is 5.26. The Kier molecular flexibility index (Phi) is 7.33. The number of fused-ring (bicyclic) bond motifs is 1. The van der Waals surface area contributed by atoms with Crippen molar-refractivity contribution in [2.24, 2.45) is 7.05 Å². The number of rotatable bonds is 8. The van der Waals surface area contributed by atoms with Crippen molar-refractivity contribution >= 4 is 33.4 Å². The van der Waals surface area contributed by atoms with Gasteiger partial charge in [0.25, 0.3) is 0 Å². The highest BCUT2D eigenvalue weighted by atomic mass is 32.1. The van der Waals surface area contributed by atoms with Gasteiger partial charge in [0, 0.05) is 57.0 Å². The molecular formula is C29H32N8O2S. The van der Waals surface area contributed by atoms with Crippen molar-refractivity contribution in [3.8, 4) is 16.9 Å². The lowest BCUT2D eigenvalue weighted by molar-refractivity contribution is 0.159. The molecular weight excluding hydrogens is 524 g/mol. The zero-order chi connectivity index (χ0) is 27.6. The van der Waals surface area contributed by atoms with E-state index in [0.29, 0.717) is 12.4 Å². The molecule has 0 spiro atoms. The number of thiazole rings is 1. The Bertz CT molecular complexity index is 1590. The van der Waals surface area contributed by atoms with E-state index in [1.165, 1.54) is 0 Å². The number of methoxy groups -OCH3 is 1. The van der Waals surface area contributed by atoms with Crippen molar-refractivity contribution in [2.75, 3.05) is 38.7 Å². The number of carbonyl (C=O) groups is 1. The Morgan fingerprint density at radius 3 is 2.67 bits per heavy atom. The minimum Gasteiger partial charge on any atom is -0.383 e. The van der Waals surface area contributed by atoms with E-state index < -0.39 is 0 Å². The van der Waals surface area contributed by atoms with Crippen molar-refractivity contribution in [2.45, 2.75) is 18.9 Å². The van der Waals surface area contributed by atoms with E-state index in [4.69, 9.17) is 14.8 Å². The van der Waals surface area contributed by atoms with E-state index in [0.717, 1.165) is 57.4 Å². The smallest absolute Gasteiger partial charge is 0.320 e.